The van der Waals surface area contributed by atoms with Crippen LogP contribution in [0.3, 0.4) is 0 Å². The number of hydrogen-bond acceptors (Lipinski definition) is 11. The van der Waals surface area contributed by atoms with Crippen LogP contribution in [0.25, 0.3) is 0 Å². The van der Waals surface area contributed by atoms with Crippen LogP contribution in [0.2, 0.25) is 0 Å². The van der Waals surface area contributed by atoms with E-state index in [-0.39, 0.29) is 17.5 Å². The zero-order valence-electron chi connectivity index (χ0n) is 15.5. The van der Waals surface area contributed by atoms with Crippen LogP contribution in [0, 0.1) is 20.2 Å². The number of hydrogen-bond donors (Lipinski definition) is 2. The number of esters is 1. The second kappa shape index (κ2) is 7.33. The van der Waals surface area contributed by atoms with Crippen molar-refractivity contribution in [2.75, 3.05) is 12.0 Å². The number of ether oxygens (including phenoxy) is 1. The molecule has 0 aromatic heterocycles. The van der Waals surface area contributed by atoms with Crippen LogP contribution >= 0.6 is 0 Å². The molecule has 13 nitrogen and oxygen atoms in total. The fourth-order valence-electron chi connectivity index (χ4n) is 3.79. The third-order valence-corrected chi connectivity index (χ3v) is 4.96. The van der Waals surface area contributed by atoms with Crippen LogP contribution in [-0.4, -0.2) is 40.5 Å². The molecule has 0 amide bonds. The predicted octanol–water partition coefficient (Wildman–Crippen LogP) is 1.40. The van der Waals surface area contributed by atoms with Gasteiger partial charge in [-0.1, -0.05) is 6.42 Å². The van der Waals surface area contributed by atoms with E-state index in [1.54, 1.807) is 0 Å². The van der Waals surface area contributed by atoms with E-state index < -0.39 is 38.5 Å². The zero-order valence-corrected chi connectivity index (χ0v) is 15.5. The largest absolute Gasteiger partial charge is 0.465 e. The molecule has 1 saturated carbocycles. The number of carbonyl (C=O) groups is 1. The molecule has 1 spiro atoms. The number of rotatable bonds is 4. The topological polar surface area (TPSA) is 193 Å². The summed E-state index contributed by atoms with van der Waals surface area (Å²) in [6, 6.07) is 1.83. The van der Waals surface area contributed by atoms with Gasteiger partial charge in [0.05, 0.1) is 22.5 Å². The Balaban J connectivity index is 2.33. The lowest BCUT2D eigenvalue weighted by Crippen LogP contribution is -2.58. The maximum atomic E-state index is 11.9. The molecule has 1 aliphatic carbocycles. The van der Waals surface area contributed by atoms with E-state index in [0.717, 1.165) is 38.5 Å². The number of anilines is 1. The van der Waals surface area contributed by atoms with Crippen molar-refractivity contribution in [2.45, 2.75) is 37.8 Å². The third kappa shape index (κ3) is 3.41. The van der Waals surface area contributed by atoms with Gasteiger partial charge in [-0.05, 0) is 25.7 Å². The minimum Gasteiger partial charge on any atom is -0.465 e. The van der Waals surface area contributed by atoms with Gasteiger partial charge in [0, 0.05) is 12.1 Å². The minimum atomic E-state index is -1.13. The van der Waals surface area contributed by atoms with Gasteiger partial charge in [-0.2, -0.15) is 4.99 Å². The Labute approximate surface area is 164 Å². The Kier molecular flexibility index (Phi) is 5.05. The number of methoxy groups -OCH3 is 1. The molecule has 1 aromatic carbocycles. The van der Waals surface area contributed by atoms with Gasteiger partial charge in [-0.3, -0.25) is 25.1 Å². The van der Waals surface area contributed by atoms with E-state index >= 15 is 0 Å². The van der Waals surface area contributed by atoms with Crippen molar-refractivity contribution >= 4 is 35.0 Å². The first-order valence-corrected chi connectivity index (χ1v) is 8.75. The highest BCUT2D eigenvalue weighted by Crippen LogP contribution is 2.47. The fraction of sp³-hybridized carbons (Fsp3) is 0.438. The zero-order chi connectivity index (χ0) is 21.3. The lowest BCUT2D eigenvalue weighted by Gasteiger charge is -2.44. The number of nitro groups is 2. The van der Waals surface area contributed by atoms with Gasteiger partial charge >= 0.3 is 17.3 Å². The summed E-state index contributed by atoms with van der Waals surface area (Å²) in [6.45, 7) is 0. The molecule has 0 atom stereocenters. The van der Waals surface area contributed by atoms with Crippen molar-refractivity contribution in [3.8, 4) is 0 Å². The maximum Gasteiger partial charge on any atom is 0.338 e. The second-order valence-corrected chi connectivity index (χ2v) is 6.69. The van der Waals surface area contributed by atoms with Gasteiger partial charge in [0.25, 0.3) is 0 Å². The minimum absolute atomic E-state index is 0.0999. The monoisotopic (exact) mass is 405 g/mol. The first-order chi connectivity index (χ1) is 13.7. The molecule has 154 valence electrons. The summed E-state index contributed by atoms with van der Waals surface area (Å²) < 4.78 is 4.55. The fourth-order valence-corrected chi connectivity index (χ4v) is 3.79. The number of guanidine groups is 2. The molecule has 1 heterocycles. The highest BCUT2D eigenvalue weighted by atomic mass is 16.6. The summed E-state index contributed by atoms with van der Waals surface area (Å²) in [5, 5.41) is 23.6. The molecule has 4 N–H and O–H groups in total. The molecule has 0 unspecified atom stereocenters. The molecule has 1 fully saturated rings. The lowest BCUT2D eigenvalue weighted by atomic mass is 9.87. The van der Waals surface area contributed by atoms with Crippen LogP contribution in [-0.2, 0) is 4.74 Å². The van der Waals surface area contributed by atoms with Crippen molar-refractivity contribution in [2.24, 2.45) is 21.5 Å². The molecule has 0 radical (unpaired) electrons. The summed E-state index contributed by atoms with van der Waals surface area (Å²) in [4.78, 5) is 43.3. The van der Waals surface area contributed by atoms with Crippen molar-refractivity contribution < 1.29 is 19.4 Å². The van der Waals surface area contributed by atoms with E-state index in [1.807, 2.05) is 0 Å². The van der Waals surface area contributed by atoms with Crippen LogP contribution in [0.1, 0.15) is 42.5 Å². The number of benzene rings is 1. The quantitative estimate of drug-likeness (QED) is 0.423. The normalized spacial score (nSPS) is 18.0. The molecule has 0 bridgehead atoms. The van der Waals surface area contributed by atoms with Crippen LogP contribution in [0.15, 0.2) is 22.1 Å². The van der Waals surface area contributed by atoms with Gasteiger partial charge in [-0.15, -0.1) is 0 Å². The highest BCUT2D eigenvalue weighted by Gasteiger charge is 2.48. The van der Waals surface area contributed by atoms with Crippen molar-refractivity contribution in [1.29, 1.82) is 0 Å². The van der Waals surface area contributed by atoms with Crippen molar-refractivity contribution in [3.05, 3.63) is 37.9 Å². The maximum absolute atomic E-state index is 11.9. The average molecular weight is 405 g/mol. The summed E-state index contributed by atoms with van der Waals surface area (Å²) in [7, 11) is 1.07. The first-order valence-electron chi connectivity index (χ1n) is 8.75. The first kappa shape index (κ1) is 20.0. The summed E-state index contributed by atoms with van der Waals surface area (Å²) in [5.41, 5.74) is 8.60. The van der Waals surface area contributed by atoms with Crippen molar-refractivity contribution in [3.63, 3.8) is 0 Å². The van der Waals surface area contributed by atoms with Crippen LogP contribution < -0.4 is 16.4 Å². The summed E-state index contributed by atoms with van der Waals surface area (Å²) in [5.74, 6) is -1.29. The summed E-state index contributed by atoms with van der Waals surface area (Å²) >= 11 is 0. The summed E-state index contributed by atoms with van der Waals surface area (Å²) in [6.07, 6.45) is 3.21. The van der Waals surface area contributed by atoms with Crippen LogP contribution in [0.4, 0.5) is 17.1 Å². The Hall–Kier alpha value is -3.77. The Morgan fingerprint density at radius 1 is 1.14 bits per heavy atom. The molecule has 0 saturated heterocycles. The van der Waals surface area contributed by atoms with E-state index in [0.29, 0.717) is 12.8 Å². The molecule has 1 aliphatic heterocycles. The van der Waals surface area contributed by atoms with E-state index in [9.17, 15) is 25.0 Å². The number of carbonyl (C=O) groups excluding carboxylic acids is 1. The average Bonchev–Trinajstić information content (AvgIpc) is 2.66. The van der Waals surface area contributed by atoms with E-state index in [1.165, 1.54) is 4.90 Å². The SMILES string of the molecule is COC(=O)c1cc([N+](=O)[O-])c(N2C(N)=NC(N)=NC23CCCCC3)c([N+](=O)[O-])c1. The number of nitrogens with zero attached hydrogens (tertiary/aromatic N) is 5. The lowest BCUT2D eigenvalue weighted by molar-refractivity contribution is -0.392. The van der Waals surface area contributed by atoms with Gasteiger partial charge in [-0.25, -0.2) is 9.79 Å². The highest BCUT2D eigenvalue weighted by molar-refractivity contribution is 6.09. The predicted molar refractivity (Wildman–Crippen MR) is 103 cm³/mol. The van der Waals surface area contributed by atoms with Gasteiger partial charge in [0.15, 0.2) is 0 Å². The van der Waals surface area contributed by atoms with E-state index in [2.05, 4.69) is 14.7 Å². The third-order valence-electron chi connectivity index (χ3n) is 4.96. The molecule has 1 aromatic rings. The van der Waals surface area contributed by atoms with E-state index in [4.69, 9.17) is 11.5 Å². The molecular formula is C16H19N7O6. The number of aliphatic imine (C=N–C) groups is 2. The standard InChI is InChI=1S/C16H19N7O6/c1-29-13(24)9-7-10(22(25)26)12(11(8-9)23(27)28)21-15(18)19-14(17)20-16(21)5-3-2-4-6-16/h7-8H,2-6H2,1H3,(H4,17,18,19,20). The van der Waals surface area contributed by atoms with Gasteiger partial charge in [0.1, 0.15) is 5.66 Å². The molecule has 3 rings (SSSR count). The van der Waals surface area contributed by atoms with Gasteiger partial charge < -0.3 is 16.2 Å². The number of nitro benzene ring substituents is 2. The number of nitrogens with two attached hydrogens (primary N) is 2. The molecular weight excluding hydrogens is 386 g/mol. The molecule has 2 aliphatic rings. The second-order valence-electron chi connectivity index (χ2n) is 6.69. The Morgan fingerprint density at radius 2 is 1.69 bits per heavy atom. The van der Waals surface area contributed by atoms with Gasteiger partial charge in [0.2, 0.25) is 17.6 Å². The Bertz CT molecular complexity index is 916. The molecule has 29 heavy (non-hydrogen) atoms. The Morgan fingerprint density at radius 3 is 2.17 bits per heavy atom. The van der Waals surface area contributed by atoms with Crippen molar-refractivity contribution in [1.82, 2.24) is 0 Å². The molecule has 13 heteroatoms. The van der Waals surface area contributed by atoms with Crippen LogP contribution in [0.5, 0.6) is 0 Å². The smallest absolute Gasteiger partial charge is 0.338 e.